The van der Waals surface area contributed by atoms with E-state index in [0.717, 1.165) is 12.1 Å². The molecular formula is C19H17F6NO2. The Hall–Kier alpha value is -2.55. The number of ether oxygens (including phenoxy) is 1. The van der Waals surface area contributed by atoms with Crippen LogP contribution in [0.5, 0.6) is 0 Å². The Balaban J connectivity index is 2.22. The number of benzene rings is 2. The van der Waals surface area contributed by atoms with Gasteiger partial charge >= 0.3 is 12.4 Å². The van der Waals surface area contributed by atoms with Gasteiger partial charge in [-0.15, -0.1) is 0 Å². The van der Waals surface area contributed by atoms with Gasteiger partial charge in [0.25, 0.3) is 0 Å². The van der Waals surface area contributed by atoms with Crippen molar-refractivity contribution in [2.45, 2.75) is 31.9 Å². The van der Waals surface area contributed by atoms with Gasteiger partial charge in [-0.2, -0.15) is 26.3 Å². The van der Waals surface area contributed by atoms with Crippen LogP contribution in [-0.2, 0) is 28.5 Å². The number of carbonyl (C=O) groups is 1. The number of amides is 1. The molecular weight excluding hydrogens is 388 g/mol. The maximum absolute atomic E-state index is 13.2. The smallest absolute Gasteiger partial charge is 0.374 e. The number of rotatable bonds is 6. The molecule has 28 heavy (non-hydrogen) atoms. The molecule has 1 unspecified atom stereocenters. The zero-order valence-electron chi connectivity index (χ0n) is 14.7. The second-order valence-corrected chi connectivity index (χ2v) is 6.01. The average molecular weight is 405 g/mol. The van der Waals surface area contributed by atoms with Gasteiger partial charge in [0.05, 0.1) is 30.4 Å². The molecule has 0 radical (unpaired) electrons. The SMILES string of the molecule is CC(=O)NC(COCc1cccc(C(F)(F)F)c1C(F)(F)F)c1ccccc1. The number of carbonyl (C=O) groups excluding carboxylic acids is 1. The minimum atomic E-state index is -5.19. The van der Waals surface area contributed by atoms with Gasteiger partial charge in [0.15, 0.2) is 0 Å². The van der Waals surface area contributed by atoms with E-state index in [1.165, 1.54) is 6.92 Å². The standard InChI is InChI=1S/C19H17F6NO2/c1-12(27)26-16(13-6-3-2-4-7-13)11-28-10-14-8-5-9-15(18(20,21)22)17(14)19(23,24)25/h2-9,16H,10-11H2,1H3,(H,26,27). The normalized spacial score (nSPS) is 13.2. The van der Waals surface area contributed by atoms with Gasteiger partial charge in [-0.1, -0.05) is 42.5 Å². The van der Waals surface area contributed by atoms with Crippen LogP contribution in [0.3, 0.4) is 0 Å². The van der Waals surface area contributed by atoms with Gasteiger partial charge in [0.2, 0.25) is 5.91 Å². The van der Waals surface area contributed by atoms with E-state index < -0.39 is 41.7 Å². The van der Waals surface area contributed by atoms with Crippen molar-refractivity contribution < 1.29 is 35.9 Å². The molecule has 0 bridgehead atoms. The molecule has 0 aliphatic rings. The first-order valence-corrected chi connectivity index (χ1v) is 8.16. The summed E-state index contributed by atoms with van der Waals surface area (Å²) in [5.41, 5.74) is -3.50. The minimum Gasteiger partial charge on any atom is -0.374 e. The molecule has 0 heterocycles. The van der Waals surface area contributed by atoms with E-state index in [9.17, 15) is 31.1 Å². The summed E-state index contributed by atoms with van der Waals surface area (Å²) in [4.78, 5) is 11.4. The van der Waals surface area contributed by atoms with Crippen molar-refractivity contribution in [1.29, 1.82) is 0 Å². The van der Waals surface area contributed by atoms with Gasteiger partial charge < -0.3 is 10.1 Å². The highest BCUT2D eigenvalue weighted by molar-refractivity contribution is 5.73. The molecule has 9 heteroatoms. The zero-order valence-corrected chi connectivity index (χ0v) is 14.7. The van der Waals surface area contributed by atoms with E-state index in [4.69, 9.17) is 4.74 Å². The molecule has 2 aromatic carbocycles. The van der Waals surface area contributed by atoms with Crippen molar-refractivity contribution in [3.8, 4) is 0 Å². The molecule has 0 fully saturated rings. The van der Waals surface area contributed by atoms with Crippen LogP contribution in [0.1, 0.15) is 35.2 Å². The van der Waals surface area contributed by atoms with Gasteiger partial charge in [-0.3, -0.25) is 4.79 Å². The van der Waals surface area contributed by atoms with Crippen LogP contribution in [0, 0.1) is 0 Å². The highest BCUT2D eigenvalue weighted by atomic mass is 19.4. The van der Waals surface area contributed by atoms with Crippen molar-refractivity contribution in [3.05, 3.63) is 70.8 Å². The number of hydrogen-bond acceptors (Lipinski definition) is 2. The fourth-order valence-corrected chi connectivity index (χ4v) is 2.73. The third kappa shape index (κ3) is 5.72. The number of halogens is 6. The maximum atomic E-state index is 13.2. The number of nitrogens with one attached hydrogen (secondary N) is 1. The van der Waals surface area contributed by atoms with Crippen LogP contribution in [0.25, 0.3) is 0 Å². The van der Waals surface area contributed by atoms with Gasteiger partial charge in [-0.05, 0) is 17.2 Å². The van der Waals surface area contributed by atoms with Crippen molar-refractivity contribution in [2.24, 2.45) is 0 Å². The van der Waals surface area contributed by atoms with Gasteiger partial charge in [-0.25, -0.2) is 0 Å². The number of alkyl halides is 6. The predicted molar refractivity (Wildman–Crippen MR) is 89.1 cm³/mol. The summed E-state index contributed by atoms with van der Waals surface area (Å²) in [5.74, 6) is -0.382. The third-order valence-corrected chi connectivity index (χ3v) is 3.86. The minimum absolute atomic E-state index is 0.211. The highest BCUT2D eigenvalue weighted by Crippen LogP contribution is 2.42. The Kier molecular flexibility index (Phi) is 6.71. The van der Waals surface area contributed by atoms with E-state index in [1.807, 2.05) is 0 Å². The van der Waals surface area contributed by atoms with Crippen molar-refractivity contribution in [2.75, 3.05) is 6.61 Å². The Morgan fingerprint density at radius 2 is 1.61 bits per heavy atom. The largest absolute Gasteiger partial charge is 0.417 e. The molecule has 1 atom stereocenters. The number of hydrogen-bond donors (Lipinski definition) is 1. The summed E-state index contributed by atoms with van der Waals surface area (Å²) >= 11 is 0. The fourth-order valence-electron chi connectivity index (χ4n) is 2.73. The molecule has 1 amide bonds. The van der Waals surface area contributed by atoms with Crippen LogP contribution in [0.2, 0.25) is 0 Å². The first kappa shape index (κ1) is 21.7. The molecule has 1 N–H and O–H groups in total. The molecule has 0 spiro atoms. The van der Waals surface area contributed by atoms with Crippen LogP contribution in [0.15, 0.2) is 48.5 Å². The molecule has 2 rings (SSSR count). The zero-order chi connectivity index (χ0) is 20.9. The van der Waals surface area contributed by atoms with E-state index in [2.05, 4.69) is 5.32 Å². The first-order valence-electron chi connectivity index (χ1n) is 8.16. The molecule has 0 aliphatic heterocycles. The lowest BCUT2D eigenvalue weighted by Crippen LogP contribution is -2.29. The van der Waals surface area contributed by atoms with Crippen molar-refractivity contribution in [1.82, 2.24) is 5.32 Å². The lowest BCUT2D eigenvalue weighted by atomic mass is 10.0. The Bertz CT molecular complexity index is 802. The lowest BCUT2D eigenvalue weighted by Gasteiger charge is -2.21. The van der Waals surface area contributed by atoms with Crippen LogP contribution in [0.4, 0.5) is 26.3 Å². The molecule has 152 valence electrons. The predicted octanol–water partition coefficient (Wildman–Crippen LogP) is 5.12. The van der Waals surface area contributed by atoms with E-state index in [-0.39, 0.29) is 12.5 Å². The van der Waals surface area contributed by atoms with E-state index in [1.54, 1.807) is 30.3 Å². The molecule has 0 saturated carbocycles. The lowest BCUT2D eigenvalue weighted by molar-refractivity contribution is -0.163. The molecule has 3 nitrogen and oxygen atoms in total. The summed E-state index contributed by atoms with van der Waals surface area (Å²) in [7, 11) is 0. The maximum Gasteiger partial charge on any atom is 0.417 e. The van der Waals surface area contributed by atoms with Crippen LogP contribution >= 0.6 is 0 Å². The van der Waals surface area contributed by atoms with Crippen molar-refractivity contribution >= 4 is 5.91 Å². The van der Waals surface area contributed by atoms with E-state index in [0.29, 0.717) is 11.6 Å². The molecule has 2 aromatic rings. The second-order valence-electron chi connectivity index (χ2n) is 6.01. The Morgan fingerprint density at radius 1 is 0.964 bits per heavy atom. The Morgan fingerprint density at radius 3 is 2.14 bits per heavy atom. The first-order chi connectivity index (χ1) is 13.0. The van der Waals surface area contributed by atoms with Crippen molar-refractivity contribution in [3.63, 3.8) is 0 Å². The summed E-state index contributed by atoms with van der Waals surface area (Å²) in [6.07, 6.45) is -10.3. The molecule has 0 aromatic heterocycles. The monoisotopic (exact) mass is 405 g/mol. The third-order valence-electron chi connectivity index (χ3n) is 3.86. The Labute approximate surface area is 157 Å². The summed E-state index contributed by atoms with van der Waals surface area (Å²) in [5, 5.41) is 2.60. The topological polar surface area (TPSA) is 38.3 Å². The van der Waals surface area contributed by atoms with Gasteiger partial charge in [0, 0.05) is 6.92 Å². The van der Waals surface area contributed by atoms with E-state index >= 15 is 0 Å². The summed E-state index contributed by atoms with van der Waals surface area (Å²) < 4.78 is 84.0. The van der Waals surface area contributed by atoms with Crippen LogP contribution < -0.4 is 5.32 Å². The second kappa shape index (κ2) is 8.64. The fraction of sp³-hybridized carbons (Fsp3) is 0.316. The quantitative estimate of drug-likeness (QED) is 0.678. The summed E-state index contributed by atoms with van der Waals surface area (Å²) in [6, 6.07) is 10.1. The molecule has 0 saturated heterocycles. The molecule has 0 aliphatic carbocycles. The van der Waals surface area contributed by atoms with Gasteiger partial charge in [0.1, 0.15) is 0 Å². The van der Waals surface area contributed by atoms with Crippen LogP contribution in [-0.4, -0.2) is 12.5 Å². The summed E-state index contributed by atoms with van der Waals surface area (Å²) in [6.45, 7) is 0.364. The average Bonchev–Trinajstić information content (AvgIpc) is 2.59. The highest BCUT2D eigenvalue weighted by Gasteiger charge is 2.44.